The Morgan fingerprint density at radius 2 is 0.493 bits per heavy atom. The van der Waals surface area contributed by atoms with Gasteiger partial charge in [0.1, 0.15) is 23.0 Å². The predicted octanol–water partition coefficient (Wildman–Crippen LogP) is 39.4. The lowest BCUT2D eigenvalue weighted by molar-refractivity contribution is 0.487. The van der Waals surface area contributed by atoms with Crippen LogP contribution in [0.4, 0.5) is 68.2 Å². The van der Waals surface area contributed by atoms with Crippen LogP contribution < -0.4 is 29.1 Å². The van der Waals surface area contributed by atoms with Crippen LogP contribution in [0.5, 0.6) is 23.0 Å². The zero-order chi connectivity index (χ0) is 97.1. The number of hydrogen-bond donors (Lipinski definition) is 0. The van der Waals surface area contributed by atoms with Crippen LogP contribution in [0.25, 0.3) is 131 Å². The largest absolute Gasteiger partial charge is 0.456 e. The third-order valence-electron chi connectivity index (χ3n) is 29.0. The minimum Gasteiger partial charge on any atom is -0.456 e. The summed E-state index contributed by atoms with van der Waals surface area (Å²) in [6.45, 7) is 31.3. The Hall–Kier alpha value is -16.8. The molecule has 0 amide bonds. The van der Waals surface area contributed by atoms with Gasteiger partial charge in [-0.3, -0.25) is 0 Å². The highest BCUT2D eigenvalue weighted by Crippen LogP contribution is 2.59. The molecule has 0 radical (unpaired) electrons. The maximum Gasteiger partial charge on any atom is 0.137 e. The van der Waals surface area contributed by atoms with Crippen molar-refractivity contribution in [2.45, 2.75) is 108 Å². The van der Waals surface area contributed by atoms with Crippen molar-refractivity contribution < 1.29 is 9.47 Å². The van der Waals surface area contributed by atoms with Gasteiger partial charge in [0.15, 0.2) is 0 Å². The number of hydrogen-bond acceptors (Lipinski definition) is 6. The summed E-state index contributed by atoms with van der Waals surface area (Å²) in [5, 5.41) is 14.0. The summed E-state index contributed by atoms with van der Waals surface area (Å²) >= 11 is 0. The predicted molar refractivity (Wildman–Crippen MR) is 605 cm³/mol. The molecule has 0 bridgehead atoms. The average Bonchev–Trinajstić information content (AvgIpc) is 0.708. The van der Waals surface area contributed by atoms with Gasteiger partial charge in [-0.25, -0.2) is 0 Å². The zero-order valence-electron chi connectivity index (χ0n) is 83.0. The monoisotopic (exact) mass is 1830 g/mol. The number of rotatable bonds is 16. The first kappa shape index (κ1) is 89.1. The molecule has 688 valence electrons. The number of para-hydroxylation sites is 4. The number of ether oxygens (including phenoxy) is 2. The molecule has 0 aromatic heterocycles. The number of anilines is 12. The standard InChI is InChI=1S/2C68H56N2O/c1-41-31-45(5)67(46(6)32-41)69(51-21-11-9-12-22-51)53-28-30-57-62-39-59-58-35-49(54-25-17-15-19-43(54)3)27-29-56(58)63(70(52-23-13-10-14-24-52)68-47(7)33-42(2)34-48(68)8)40-60(59)61-36-50(55-26-18-16-20-44(55)4)37-65(66(61)62)71-64(57)38-53;1-67(2,3)49-28-32-53(33-29-49)69(51-23-15-9-16-24-51)55-36-38-57-62-43-59-58-39-47(45-19-11-7-12-20-45)27-37-56(58)63(70(52-25-17-10-18-26-52)54-34-30-50(31-35-54)68(4,5)6)44-60(59)61-40-48(46-21-13-8-14-22-46)41-65(66(61)62)71-64(57)42-55/h9-40H,1-8H3;7-44H,1-6H3. The Morgan fingerprint density at radius 1 is 0.176 bits per heavy atom. The first-order chi connectivity index (χ1) is 69.0. The Balaban J connectivity index is 0.000000158. The van der Waals surface area contributed by atoms with Crippen LogP contribution in [0.15, 0.2) is 425 Å². The van der Waals surface area contributed by atoms with Crippen molar-refractivity contribution in [2.75, 3.05) is 19.6 Å². The molecule has 0 aliphatic carbocycles. The number of nitrogens with zero attached hydrogens (tertiary/aromatic N) is 4. The smallest absolute Gasteiger partial charge is 0.137 e. The van der Waals surface area contributed by atoms with E-state index in [1.807, 2.05) is 0 Å². The molecule has 142 heavy (non-hydrogen) atoms. The summed E-state index contributed by atoms with van der Waals surface area (Å²) < 4.78 is 14.6. The van der Waals surface area contributed by atoms with Crippen molar-refractivity contribution in [3.8, 4) is 89.8 Å². The third-order valence-corrected chi connectivity index (χ3v) is 29.0. The molecule has 2 heterocycles. The van der Waals surface area contributed by atoms with Gasteiger partial charge in [0.05, 0.1) is 22.7 Å². The van der Waals surface area contributed by atoms with Crippen LogP contribution in [-0.4, -0.2) is 0 Å². The second-order valence-electron chi connectivity index (χ2n) is 40.8. The fraction of sp³-hybridized carbons (Fsp3) is 0.118. The molecule has 0 saturated heterocycles. The van der Waals surface area contributed by atoms with Gasteiger partial charge in [-0.1, -0.05) is 307 Å². The normalized spacial score (nSPS) is 12.0. The van der Waals surface area contributed by atoms with Crippen LogP contribution in [0.2, 0.25) is 0 Å². The Bertz CT molecular complexity index is 8680. The van der Waals surface area contributed by atoms with Crippen LogP contribution in [0.1, 0.15) is 97.2 Å². The van der Waals surface area contributed by atoms with E-state index in [1.54, 1.807) is 0 Å². The Morgan fingerprint density at radius 3 is 0.944 bits per heavy atom. The van der Waals surface area contributed by atoms with Gasteiger partial charge < -0.3 is 29.1 Å². The molecular formula is C136H112N4O2. The molecule has 0 saturated carbocycles. The molecule has 0 spiro atoms. The van der Waals surface area contributed by atoms with Crippen molar-refractivity contribution in [3.05, 3.63) is 480 Å². The number of fused-ring (bicyclic) bond motifs is 12. The topological polar surface area (TPSA) is 31.4 Å². The molecule has 24 rings (SSSR count). The van der Waals surface area contributed by atoms with Gasteiger partial charge in [-0.2, -0.15) is 0 Å². The summed E-state index contributed by atoms with van der Waals surface area (Å²) in [5.74, 6) is 3.37. The highest BCUT2D eigenvalue weighted by atomic mass is 16.5. The maximum absolute atomic E-state index is 7.34. The van der Waals surface area contributed by atoms with E-state index in [4.69, 9.17) is 9.47 Å². The van der Waals surface area contributed by atoms with Gasteiger partial charge in [0.25, 0.3) is 0 Å². The van der Waals surface area contributed by atoms with Crippen LogP contribution in [0.3, 0.4) is 0 Å². The molecule has 22 aromatic carbocycles. The summed E-state index contributed by atoms with van der Waals surface area (Å²) in [7, 11) is 0. The van der Waals surface area contributed by atoms with Crippen molar-refractivity contribution in [3.63, 3.8) is 0 Å². The van der Waals surface area contributed by atoms with E-state index in [9.17, 15) is 0 Å². The number of benzene rings is 22. The van der Waals surface area contributed by atoms with Gasteiger partial charge in [0, 0.05) is 90.3 Å². The molecule has 2 aliphatic rings. The SMILES string of the molecule is CC(C)(C)c1ccc(N(c2ccccc2)c2ccc3c(c2)Oc2cc(-c4ccccc4)cc4c2c-3cc2c3cc(-c5ccccc5)ccc3c(N(c3ccccc3)c3ccc(C(C)(C)C)cc3)cc42)cc1.Cc1cc(C)c(N(c2ccccc2)c2ccc3c(c2)Oc2cc(-c4ccccc4C)cc4c2c-3cc2c3cc(-c5ccccc5C)ccc3c(N(c3ccccc3)c3c(C)cc(C)cc3C)cc42)c(C)c1. The second kappa shape index (κ2) is 35.9. The van der Waals surface area contributed by atoms with Crippen molar-refractivity contribution in [1.29, 1.82) is 0 Å². The molecule has 6 heteroatoms. The number of aryl methyl sites for hydroxylation is 8. The average molecular weight is 1830 g/mol. The van der Waals surface area contributed by atoms with Crippen molar-refractivity contribution in [2.24, 2.45) is 0 Å². The molecular weight excluding hydrogens is 1720 g/mol. The van der Waals surface area contributed by atoms with Crippen LogP contribution in [-0.2, 0) is 10.8 Å². The Labute approximate surface area is 833 Å². The van der Waals surface area contributed by atoms with E-state index in [0.29, 0.717) is 0 Å². The third kappa shape index (κ3) is 16.2. The molecule has 0 fully saturated rings. The molecule has 0 unspecified atom stereocenters. The first-order valence-corrected chi connectivity index (χ1v) is 49.6. The second-order valence-corrected chi connectivity index (χ2v) is 40.8. The molecule has 0 atom stereocenters. The highest BCUT2D eigenvalue weighted by Gasteiger charge is 2.33. The fourth-order valence-electron chi connectivity index (χ4n) is 22.3. The summed E-state index contributed by atoms with van der Waals surface area (Å²) in [6, 6.07) is 156. The lowest BCUT2D eigenvalue weighted by Crippen LogP contribution is -2.14. The molecule has 22 aromatic rings. The first-order valence-electron chi connectivity index (χ1n) is 49.6. The van der Waals surface area contributed by atoms with Crippen molar-refractivity contribution in [1.82, 2.24) is 0 Å². The summed E-state index contributed by atoms with van der Waals surface area (Å²) in [5.41, 5.74) is 39.7. The van der Waals surface area contributed by atoms with Gasteiger partial charge in [-0.15, -0.1) is 0 Å². The fourth-order valence-corrected chi connectivity index (χ4v) is 22.3. The van der Waals surface area contributed by atoms with E-state index in [0.717, 1.165) is 135 Å². The highest BCUT2D eigenvalue weighted by molar-refractivity contribution is 6.29. The Kier molecular flexibility index (Phi) is 22.5. The van der Waals surface area contributed by atoms with Gasteiger partial charge >= 0.3 is 0 Å². The quantitative estimate of drug-likeness (QED) is 0.0897. The van der Waals surface area contributed by atoms with E-state index in [2.05, 4.69) is 541 Å². The lowest BCUT2D eigenvalue weighted by atomic mass is 9.85. The van der Waals surface area contributed by atoms with E-state index >= 15 is 0 Å². The minimum absolute atomic E-state index is 0.0251. The molecule has 6 nitrogen and oxygen atoms in total. The maximum atomic E-state index is 7.34. The summed E-state index contributed by atoms with van der Waals surface area (Å²) in [6.07, 6.45) is 0. The van der Waals surface area contributed by atoms with Gasteiger partial charge in [-0.05, 0) is 367 Å². The molecule has 0 N–H and O–H groups in total. The summed E-state index contributed by atoms with van der Waals surface area (Å²) in [4.78, 5) is 9.66. The minimum atomic E-state index is 0.0251. The van der Waals surface area contributed by atoms with E-state index in [1.165, 1.54) is 143 Å². The lowest BCUT2D eigenvalue weighted by Gasteiger charge is -2.32. The van der Waals surface area contributed by atoms with E-state index in [-0.39, 0.29) is 10.8 Å². The molecule has 2 aliphatic heterocycles. The van der Waals surface area contributed by atoms with Crippen LogP contribution >= 0.6 is 0 Å². The van der Waals surface area contributed by atoms with Crippen LogP contribution in [0, 0.1) is 55.4 Å². The van der Waals surface area contributed by atoms with E-state index < -0.39 is 0 Å². The van der Waals surface area contributed by atoms with Gasteiger partial charge in [0.2, 0.25) is 0 Å². The van der Waals surface area contributed by atoms with Crippen molar-refractivity contribution >= 4 is 133 Å². The zero-order valence-corrected chi connectivity index (χ0v) is 83.0.